The molecule has 0 saturated carbocycles. The summed E-state index contributed by atoms with van der Waals surface area (Å²) >= 11 is 11.8. The Hall–Kier alpha value is -0.240. The third kappa shape index (κ3) is 3.37. The van der Waals surface area contributed by atoms with Crippen LogP contribution in [0.25, 0.3) is 0 Å². The fourth-order valence-electron chi connectivity index (χ4n) is 1.66. The van der Waals surface area contributed by atoms with Gasteiger partial charge in [0, 0.05) is 10.0 Å². The van der Waals surface area contributed by atoms with Crippen molar-refractivity contribution in [1.29, 1.82) is 0 Å². The SMILES string of the molecule is CCCC(C)C(O)c1ccc(Cl)cc1Cl. The van der Waals surface area contributed by atoms with Crippen LogP contribution in [0.3, 0.4) is 0 Å². The molecule has 1 aromatic carbocycles. The highest BCUT2D eigenvalue weighted by Gasteiger charge is 2.18. The highest BCUT2D eigenvalue weighted by molar-refractivity contribution is 6.35. The van der Waals surface area contributed by atoms with E-state index in [9.17, 15) is 5.11 Å². The van der Waals surface area contributed by atoms with Gasteiger partial charge in [0.25, 0.3) is 0 Å². The van der Waals surface area contributed by atoms with Crippen molar-refractivity contribution in [3.63, 3.8) is 0 Å². The summed E-state index contributed by atoms with van der Waals surface area (Å²) in [6.45, 7) is 4.13. The molecule has 1 N–H and O–H groups in total. The molecule has 0 aliphatic rings. The van der Waals surface area contributed by atoms with Gasteiger partial charge in [-0.15, -0.1) is 0 Å². The van der Waals surface area contributed by atoms with E-state index in [1.54, 1.807) is 18.2 Å². The van der Waals surface area contributed by atoms with Crippen LogP contribution in [0.4, 0.5) is 0 Å². The molecule has 2 unspecified atom stereocenters. The molecule has 84 valence electrons. The van der Waals surface area contributed by atoms with Gasteiger partial charge in [0.15, 0.2) is 0 Å². The Morgan fingerprint density at radius 3 is 2.53 bits per heavy atom. The monoisotopic (exact) mass is 246 g/mol. The summed E-state index contributed by atoms with van der Waals surface area (Å²) in [6, 6.07) is 5.21. The van der Waals surface area contributed by atoms with E-state index < -0.39 is 6.10 Å². The minimum Gasteiger partial charge on any atom is -0.388 e. The van der Waals surface area contributed by atoms with Crippen molar-refractivity contribution in [3.05, 3.63) is 33.8 Å². The molecular weight excluding hydrogens is 231 g/mol. The van der Waals surface area contributed by atoms with Gasteiger partial charge in [-0.3, -0.25) is 0 Å². The van der Waals surface area contributed by atoms with Gasteiger partial charge in [-0.1, -0.05) is 49.5 Å². The lowest BCUT2D eigenvalue weighted by molar-refractivity contribution is 0.112. The van der Waals surface area contributed by atoms with Gasteiger partial charge in [0.2, 0.25) is 0 Å². The maximum Gasteiger partial charge on any atom is 0.0829 e. The van der Waals surface area contributed by atoms with Gasteiger partial charge < -0.3 is 5.11 Å². The van der Waals surface area contributed by atoms with Crippen LogP contribution in [0.1, 0.15) is 38.4 Å². The number of benzene rings is 1. The molecular formula is C12H16Cl2O. The third-order valence-corrected chi connectivity index (χ3v) is 3.13. The van der Waals surface area contributed by atoms with E-state index in [2.05, 4.69) is 6.92 Å². The minimum absolute atomic E-state index is 0.216. The minimum atomic E-state index is -0.505. The van der Waals surface area contributed by atoms with Crippen molar-refractivity contribution in [2.24, 2.45) is 5.92 Å². The first kappa shape index (κ1) is 12.8. The van der Waals surface area contributed by atoms with Gasteiger partial charge in [0.05, 0.1) is 6.10 Å². The molecule has 0 aromatic heterocycles. The lowest BCUT2D eigenvalue weighted by Gasteiger charge is -2.19. The Balaban J connectivity index is 2.86. The second-order valence-corrected chi connectivity index (χ2v) is 4.72. The van der Waals surface area contributed by atoms with Crippen LogP contribution in [-0.4, -0.2) is 5.11 Å². The number of aliphatic hydroxyl groups is 1. The average molecular weight is 247 g/mol. The van der Waals surface area contributed by atoms with E-state index in [4.69, 9.17) is 23.2 Å². The predicted octanol–water partition coefficient (Wildman–Crippen LogP) is 4.46. The molecule has 0 aliphatic heterocycles. The van der Waals surface area contributed by atoms with Crippen LogP contribution in [0.5, 0.6) is 0 Å². The first-order chi connectivity index (χ1) is 7.06. The Kier molecular flexibility index (Phi) is 4.91. The number of halogens is 2. The van der Waals surface area contributed by atoms with Crippen LogP contribution >= 0.6 is 23.2 Å². The largest absolute Gasteiger partial charge is 0.388 e. The van der Waals surface area contributed by atoms with Gasteiger partial charge in [-0.05, 0) is 30.0 Å². The first-order valence-corrected chi connectivity index (χ1v) is 5.94. The topological polar surface area (TPSA) is 20.2 Å². The Morgan fingerprint density at radius 1 is 1.33 bits per heavy atom. The molecule has 1 aromatic rings. The second-order valence-electron chi connectivity index (χ2n) is 3.88. The molecule has 0 radical (unpaired) electrons. The van der Waals surface area contributed by atoms with Crippen molar-refractivity contribution in [3.8, 4) is 0 Å². The maximum absolute atomic E-state index is 10.1. The lowest BCUT2D eigenvalue weighted by atomic mass is 9.94. The normalized spacial score (nSPS) is 15.0. The Bertz CT molecular complexity index is 325. The van der Waals surface area contributed by atoms with Gasteiger partial charge in [-0.2, -0.15) is 0 Å². The predicted molar refractivity (Wildman–Crippen MR) is 65.5 cm³/mol. The van der Waals surface area contributed by atoms with E-state index in [-0.39, 0.29) is 5.92 Å². The van der Waals surface area contributed by atoms with Crippen LogP contribution < -0.4 is 0 Å². The Morgan fingerprint density at radius 2 is 2.00 bits per heavy atom. The molecule has 1 rings (SSSR count). The molecule has 15 heavy (non-hydrogen) atoms. The van der Waals surface area contributed by atoms with Gasteiger partial charge in [0.1, 0.15) is 0 Å². The second kappa shape index (κ2) is 5.74. The van der Waals surface area contributed by atoms with Crippen molar-refractivity contribution in [1.82, 2.24) is 0 Å². The van der Waals surface area contributed by atoms with Crippen LogP contribution in [0, 0.1) is 5.92 Å². The van der Waals surface area contributed by atoms with E-state index >= 15 is 0 Å². The number of hydrogen-bond acceptors (Lipinski definition) is 1. The summed E-state index contributed by atoms with van der Waals surface area (Å²) in [5.41, 5.74) is 0.766. The summed E-state index contributed by atoms with van der Waals surface area (Å²) in [4.78, 5) is 0. The molecule has 2 atom stereocenters. The quantitative estimate of drug-likeness (QED) is 0.832. The third-order valence-electron chi connectivity index (χ3n) is 2.56. The van der Waals surface area contributed by atoms with Gasteiger partial charge >= 0.3 is 0 Å². The molecule has 3 heteroatoms. The van der Waals surface area contributed by atoms with Crippen molar-refractivity contribution in [2.75, 3.05) is 0 Å². The number of rotatable bonds is 4. The molecule has 0 amide bonds. The zero-order valence-corrected chi connectivity index (χ0v) is 10.5. The molecule has 0 aliphatic carbocycles. The maximum atomic E-state index is 10.1. The average Bonchev–Trinajstić information content (AvgIpc) is 2.17. The van der Waals surface area contributed by atoms with Gasteiger partial charge in [-0.25, -0.2) is 0 Å². The van der Waals surface area contributed by atoms with E-state index in [0.29, 0.717) is 10.0 Å². The van der Waals surface area contributed by atoms with Crippen molar-refractivity contribution in [2.45, 2.75) is 32.8 Å². The summed E-state index contributed by atoms with van der Waals surface area (Å²) in [6.07, 6.45) is 1.54. The van der Waals surface area contributed by atoms with Crippen molar-refractivity contribution < 1.29 is 5.11 Å². The van der Waals surface area contributed by atoms with Crippen LogP contribution in [0.2, 0.25) is 10.0 Å². The zero-order chi connectivity index (χ0) is 11.4. The number of aliphatic hydroxyl groups excluding tert-OH is 1. The van der Waals surface area contributed by atoms with Crippen molar-refractivity contribution >= 4 is 23.2 Å². The lowest BCUT2D eigenvalue weighted by Crippen LogP contribution is -2.09. The molecule has 1 nitrogen and oxygen atoms in total. The number of hydrogen-bond donors (Lipinski definition) is 1. The Labute approximate surface area is 101 Å². The smallest absolute Gasteiger partial charge is 0.0829 e. The summed E-state index contributed by atoms with van der Waals surface area (Å²) in [5.74, 6) is 0.216. The van der Waals surface area contributed by atoms with E-state index in [1.807, 2.05) is 6.92 Å². The summed E-state index contributed by atoms with van der Waals surface area (Å²) in [5, 5.41) is 11.2. The molecule has 0 bridgehead atoms. The van der Waals surface area contributed by atoms with E-state index in [1.165, 1.54) is 0 Å². The van der Waals surface area contributed by atoms with Crippen LogP contribution in [0.15, 0.2) is 18.2 Å². The fourth-order valence-corrected chi connectivity index (χ4v) is 2.18. The molecule has 0 fully saturated rings. The standard InChI is InChI=1S/C12H16Cl2O/c1-3-4-8(2)12(15)10-6-5-9(13)7-11(10)14/h5-8,12,15H,3-4H2,1-2H3. The highest BCUT2D eigenvalue weighted by Crippen LogP contribution is 2.32. The summed E-state index contributed by atoms with van der Waals surface area (Å²) in [7, 11) is 0. The zero-order valence-electron chi connectivity index (χ0n) is 9.00. The fraction of sp³-hybridized carbons (Fsp3) is 0.500. The van der Waals surface area contributed by atoms with E-state index in [0.717, 1.165) is 18.4 Å². The molecule has 0 spiro atoms. The summed E-state index contributed by atoms with van der Waals surface area (Å²) < 4.78 is 0. The first-order valence-electron chi connectivity index (χ1n) is 5.19. The molecule has 0 saturated heterocycles. The highest BCUT2D eigenvalue weighted by atomic mass is 35.5. The van der Waals surface area contributed by atoms with Crippen LogP contribution in [-0.2, 0) is 0 Å². The molecule has 0 heterocycles.